The average molecular weight is 376 g/mol. The van der Waals surface area contributed by atoms with Gasteiger partial charge in [-0.2, -0.15) is 0 Å². The van der Waals surface area contributed by atoms with Gasteiger partial charge in [-0.3, -0.25) is 9.59 Å². The molecule has 0 aliphatic carbocycles. The van der Waals surface area contributed by atoms with Crippen LogP contribution in [0.4, 0.5) is 0 Å². The van der Waals surface area contributed by atoms with Gasteiger partial charge in [0.1, 0.15) is 5.78 Å². The van der Waals surface area contributed by atoms with Crippen molar-refractivity contribution in [2.75, 3.05) is 59.4 Å². The molecule has 1 unspecified atom stereocenters. The van der Waals surface area contributed by atoms with Gasteiger partial charge in [0.15, 0.2) is 0 Å². The highest BCUT2D eigenvalue weighted by Crippen LogP contribution is 2.05. The van der Waals surface area contributed by atoms with Crippen LogP contribution in [0, 0.1) is 5.92 Å². The number of nitrogens with one attached hydrogen (secondary N) is 1. The number of carbonyl (C=O) groups excluding carboxylic acids is 2. The van der Waals surface area contributed by atoms with Gasteiger partial charge in [0.2, 0.25) is 5.91 Å². The Bertz CT molecular complexity index is 351. The van der Waals surface area contributed by atoms with Crippen molar-refractivity contribution in [1.82, 2.24) is 5.32 Å². The predicted molar refractivity (Wildman–Crippen MR) is 100 cm³/mol. The van der Waals surface area contributed by atoms with Gasteiger partial charge in [0, 0.05) is 31.9 Å². The lowest BCUT2D eigenvalue weighted by Gasteiger charge is -2.10. The van der Waals surface area contributed by atoms with E-state index in [0.29, 0.717) is 72.2 Å². The fourth-order valence-electron chi connectivity index (χ4n) is 2.11. The first-order chi connectivity index (χ1) is 12.6. The third-order valence-electron chi connectivity index (χ3n) is 3.75. The molecule has 0 aromatic carbocycles. The molecule has 154 valence electrons. The zero-order valence-corrected chi connectivity index (χ0v) is 16.7. The normalized spacial score (nSPS) is 12.1. The summed E-state index contributed by atoms with van der Waals surface area (Å²) in [5.74, 6) is 0.425. The first kappa shape index (κ1) is 25.0. The molecular formula is C19H37NO6. The SMILES string of the molecule is CCCC(=O)NCCOCCOCCOCCOCCC(C)C(=O)CC. The van der Waals surface area contributed by atoms with E-state index in [4.69, 9.17) is 18.9 Å². The van der Waals surface area contributed by atoms with Gasteiger partial charge in [-0.05, 0) is 12.8 Å². The van der Waals surface area contributed by atoms with Crippen molar-refractivity contribution >= 4 is 11.7 Å². The number of ether oxygens (including phenoxy) is 4. The third-order valence-corrected chi connectivity index (χ3v) is 3.75. The van der Waals surface area contributed by atoms with Crippen LogP contribution in [-0.4, -0.2) is 71.1 Å². The Morgan fingerprint density at radius 2 is 1.31 bits per heavy atom. The van der Waals surface area contributed by atoms with Gasteiger partial charge in [-0.25, -0.2) is 0 Å². The van der Waals surface area contributed by atoms with E-state index in [1.807, 2.05) is 20.8 Å². The zero-order chi connectivity index (χ0) is 19.5. The molecule has 0 rings (SSSR count). The number of hydrogen-bond donors (Lipinski definition) is 1. The molecule has 0 heterocycles. The third kappa shape index (κ3) is 16.4. The molecule has 7 heteroatoms. The first-order valence-electron chi connectivity index (χ1n) is 9.72. The Morgan fingerprint density at radius 3 is 1.81 bits per heavy atom. The molecule has 0 spiro atoms. The number of rotatable bonds is 19. The Kier molecular flexibility index (Phi) is 18.0. The topological polar surface area (TPSA) is 83.1 Å². The minimum Gasteiger partial charge on any atom is -0.379 e. The molecule has 0 saturated heterocycles. The monoisotopic (exact) mass is 375 g/mol. The van der Waals surface area contributed by atoms with E-state index in [1.165, 1.54) is 0 Å². The van der Waals surface area contributed by atoms with Crippen molar-refractivity contribution in [2.24, 2.45) is 5.92 Å². The summed E-state index contributed by atoms with van der Waals surface area (Å²) < 4.78 is 21.6. The molecular weight excluding hydrogens is 338 g/mol. The number of carbonyl (C=O) groups is 2. The molecule has 1 amide bonds. The Morgan fingerprint density at radius 1 is 0.808 bits per heavy atom. The maximum absolute atomic E-state index is 11.4. The second kappa shape index (κ2) is 18.8. The highest BCUT2D eigenvalue weighted by molar-refractivity contribution is 5.80. The molecule has 0 aromatic rings. The zero-order valence-electron chi connectivity index (χ0n) is 16.7. The minimum absolute atomic E-state index is 0.0671. The number of amides is 1. The maximum Gasteiger partial charge on any atom is 0.220 e. The smallest absolute Gasteiger partial charge is 0.220 e. The lowest BCUT2D eigenvalue weighted by atomic mass is 10.0. The molecule has 0 aliphatic heterocycles. The molecule has 1 N–H and O–H groups in total. The first-order valence-corrected chi connectivity index (χ1v) is 9.72. The Balaban J connectivity index is 3.16. The van der Waals surface area contributed by atoms with Crippen molar-refractivity contribution < 1.29 is 28.5 Å². The lowest BCUT2D eigenvalue weighted by Crippen LogP contribution is -2.27. The van der Waals surface area contributed by atoms with Gasteiger partial charge < -0.3 is 24.3 Å². The second-order valence-corrected chi connectivity index (χ2v) is 6.06. The van der Waals surface area contributed by atoms with Crippen molar-refractivity contribution in [3.8, 4) is 0 Å². The highest BCUT2D eigenvalue weighted by atomic mass is 16.6. The molecule has 7 nitrogen and oxygen atoms in total. The van der Waals surface area contributed by atoms with E-state index < -0.39 is 0 Å². The summed E-state index contributed by atoms with van der Waals surface area (Å²) in [7, 11) is 0. The van der Waals surface area contributed by atoms with E-state index >= 15 is 0 Å². The van der Waals surface area contributed by atoms with E-state index in [2.05, 4.69) is 5.32 Å². The maximum atomic E-state index is 11.4. The summed E-state index contributed by atoms with van der Waals surface area (Å²) in [5.41, 5.74) is 0. The predicted octanol–water partition coefficient (Wildman–Crippen LogP) is 1.97. The fourth-order valence-corrected chi connectivity index (χ4v) is 2.11. The van der Waals surface area contributed by atoms with Crippen LogP contribution in [0.2, 0.25) is 0 Å². The van der Waals surface area contributed by atoms with Crippen LogP contribution in [0.15, 0.2) is 0 Å². The van der Waals surface area contributed by atoms with Crippen LogP contribution in [0.5, 0.6) is 0 Å². The summed E-state index contributed by atoms with van der Waals surface area (Å²) in [4.78, 5) is 22.6. The standard InChI is InChI=1S/C19H37NO6/c1-4-6-19(22)20-8-10-24-12-14-26-16-15-25-13-11-23-9-7-17(3)18(21)5-2/h17H,4-16H2,1-3H3,(H,20,22). The summed E-state index contributed by atoms with van der Waals surface area (Å²) in [5, 5.41) is 2.78. The lowest BCUT2D eigenvalue weighted by molar-refractivity contribution is -0.123. The van der Waals surface area contributed by atoms with Crippen LogP contribution >= 0.6 is 0 Å². The van der Waals surface area contributed by atoms with Gasteiger partial charge >= 0.3 is 0 Å². The molecule has 0 radical (unpaired) electrons. The highest BCUT2D eigenvalue weighted by Gasteiger charge is 2.09. The van der Waals surface area contributed by atoms with Crippen LogP contribution in [0.1, 0.15) is 46.5 Å². The molecule has 26 heavy (non-hydrogen) atoms. The minimum atomic E-state index is 0.0671. The fraction of sp³-hybridized carbons (Fsp3) is 0.895. The summed E-state index contributed by atoms with van der Waals surface area (Å²) >= 11 is 0. The summed E-state index contributed by atoms with van der Waals surface area (Å²) in [6, 6.07) is 0. The van der Waals surface area contributed by atoms with Crippen LogP contribution in [-0.2, 0) is 28.5 Å². The van der Waals surface area contributed by atoms with E-state index in [1.54, 1.807) is 0 Å². The molecule has 1 atom stereocenters. The van der Waals surface area contributed by atoms with E-state index in [-0.39, 0.29) is 17.6 Å². The quantitative estimate of drug-likeness (QED) is 0.348. The van der Waals surface area contributed by atoms with E-state index in [0.717, 1.165) is 12.8 Å². The summed E-state index contributed by atoms with van der Waals surface area (Å²) in [6.45, 7) is 10.5. The van der Waals surface area contributed by atoms with E-state index in [9.17, 15) is 9.59 Å². The van der Waals surface area contributed by atoms with Crippen LogP contribution in [0.3, 0.4) is 0 Å². The van der Waals surface area contributed by atoms with Crippen LogP contribution < -0.4 is 5.32 Å². The van der Waals surface area contributed by atoms with Crippen molar-refractivity contribution in [3.05, 3.63) is 0 Å². The van der Waals surface area contributed by atoms with Gasteiger partial charge in [0.25, 0.3) is 0 Å². The second-order valence-electron chi connectivity index (χ2n) is 6.06. The number of Topliss-reactive ketones (excluding diaryl/α,β-unsaturated/α-hetero) is 1. The van der Waals surface area contributed by atoms with Crippen molar-refractivity contribution in [1.29, 1.82) is 0 Å². The number of hydrogen-bond acceptors (Lipinski definition) is 6. The van der Waals surface area contributed by atoms with Gasteiger partial charge in [0.05, 0.1) is 46.2 Å². The Hall–Kier alpha value is -1.02. The van der Waals surface area contributed by atoms with Gasteiger partial charge in [-0.1, -0.05) is 20.8 Å². The molecule has 0 fully saturated rings. The van der Waals surface area contributed by atoms with Crippen molar-refractivity contribution in [3.63, 3.8) is 0 Å². The average Bonchev–Trinajstić information content (AvgIpc) is 2.64. The van der Waals surface area contributed by atoms with Gasteiger partial charge in [-0.15, -0.1) is 0 Å². The molecule has 0 bridgehead atoms. The van der Waals surface area contributed by atoms with Crippen LogP contribution in [0.25, 0.3) is 0 Å². The molecule has 0 saturated carbocycles. The van der Waals surface area contributed by atoms with Crippen molar-refractivity contribution in [2.45, 2.75) is 46.5 Å². The molecule has 0 aliphatic rings. The Labute approximate surface area is 158 Å². The molecule has 0 aromatic heterocycles. The summed E-state index contributed by atoms with van der Waals surface area (Å²) in [6.07, 6.45) is 2.77. The largest absolute Gasteiger partial charge is 0.379 e. The number of ketones is 1.